The molecule has 16 heavy (non-hydrogen) atoms. The number of nitrogens with one attached hydrogen (secondary N) is 1. The van der Waals surface area contributed by atoms with Crippen LogP contribution in [0.5, 0.6) is 5.75 Å². The molecule has 2 heteroatoms. The van der Waals surface area contributed by atoms with Gasteiger partial charge in [-0.1, -0.05) is 12.1 Å². The van der Waals surface area contributed by atoms with Gasteiger partial charge in [0.25, 0.3) is 0 Å². The van der Waals surface area contributed by atoms with Crippen molar-refractivity contribution in [2.75, 3.05) is 6.54 Å². The van der Waals surface area contributed by atoms with Gasteiger partial charge in [0.05, 0.1) is 0 Å². The highest BCUT2D eigenvalue weighted by Crippen LogP contribution is 2.13. The van der Waals surface area contributed by atoms with E-state index in [4.69, 9.17) is 0 Å². The van der Waals surface area contributed by atoms with Gasteiger partial charge in [-0.3, -0.25) is 0 Å². The second-order valence-corrected chi connectivity index (χ2v) is 5.30. The van der Waals surface area contributed by atoms with E-state index in [1.165, 1.54) is 12.0 Å². The smallest absolute Gasteiger partial charge is 0.115 e. The third-order valence-electron chi connectivity index (χ3n) is 2.46. The summed E-state index contributed by atoms with van der Waals surface area (Å²) >= 11 is 0. The van der Waals surface area contributed by atoms with Crippen LogP contribution in [0.15, 0.2) is 24.3 Å². The molecule has 1 rings (SSSR count). The minimum absolute atomic E-state index is 0.213. The Morgan fingerprint density at radius 3 is 2.56 bits per heavy atom. The summed E-state index contributed by atoms with van der Waals surface area (Å²) in [5.41, 5.74) is 1.43. The van der Waals surface area contributed by atoms with E-state index in [-0.39, 0.29) is 5.54 Å². The number of hydrogen-bond donors (Lipinski definition) is 2. The van der Waals surface area contributed by atoms with E-state index in [1.807, 2.05) is 12.1 Å². The van der Waals surface area contributed by atoms with Crippen molar-refractivity contribution in [1.29, 1.82) is 0 Å². The molecule has 0 saturated heterocycles. The molecule has 0 atom stereocenters. The highest BCUT2D eigenvalue weighted by Gasteiger charge is 2.06. The molecule has 2 N–H and O–H groups in total. The molecule has 2 nitrogen and oxygen atoms in total. The molecule has 0 fully saturated rings. The normalized spacial score (nSPS) is 11.7. The molecule has 1 aromatic rings. The lowest BCUT2D eigenvalue weighted by atomic mass is 10.1. The van der Waals surface area contributed by atoms with Crippen LogP contribution in [0.1, 0.15) is 39.2 Å². The van der Waals surface area contributed by atoms with Crippen LogP contribution < -0.4 is 5.32 Å². The van der Waals surface area contributed by atoms with Gasteiger partial charge in [0.1, 0.15) is 5.75 Å². The van der Waals surface area contributed by atoms with Crippen molar-refractivity contribution >= 4 is 0 Å². The molecule has 0 aliphatic carbocycles. The quantitative estimate of drug-likeness (QED) is 0.749. The summed E-state index contributed by atoms with van der Waals surface area (Å²) in [6, 6.07) is 7.52. The Morgan fingerprint density at radius 2 is 1.94 bits per heavy atom. The van der Waals surface area contributed by atoms with Crippen LogP contribution in [0, 0.1) is 0 Å². The SMILES string of the molecule is CC(C)(C)NCCCCc1cccc(O)c1. The van der Waals surface area contributed by atoms with Crippen molar-refractivity contribution in [3.63, 3.8) is 0 Å². The third-order valence-corrected chi connectivity index (χ3v) is 2.46. The van der Waals surface area contributed by atoms with Gasteiger partial charge in [-0.2, -0.15) is 0 Å². The maximum Gasteiger partial charge on any atom is 0.115 e. The fourth-order valence-corrected chi connectivity index (χ4v) is 1.63. The first-order valence-electron chi connectivity index (χ1n) is 6.00. The lowest BCUT2D eigenvalue weighted by Gasteiger charge is -2.20. The van der Waals surface area contributed by atoms with Gasteiger partial charge in [-0.25, -0.2) is 0 Å². The molecule has 0 amide bonds. The predicted octanol–water partition coefficient (Wildman–Crippen LogP) is 3.10. The first-order valence-corrected chi connectivity index (χ1v) is 6.00. The molecule has 0 spiro atoms. The largest absolute Gasteiger partial charge is 0.508 e. The average molecular weight is 221 g/mol. The van der Waals surface area contributed by atoms with Gasteiger partial charge < -0.3 is 10.4 Å². The van der Waals surface area contributed by atoms with Crippen molar-refractivity contribution in [1.82, 2.24) is 5.32 Å². The summed E-state index contributed by atoms with van der Waals surface area (Å²) in [7, 11) is 0. The summed E-state index contributed by atoms with van der Waals surface area (Å²) in [6.07, 6.45) is 3.37. The second kappa shape index (κ2) is 5.90. The van der Waals surface area contributed by atoms with Crippen LogP contribution in [0.3, 0.4) is 0 Å². The summed E-state index contributed by atoms with van der Waals surface area (Å²) < 4.78 is 0. The fourth-order valence-electron chi connectivity index (χ4n) is 1.63. The van der Waals surface area contributed by atoms with Gasteiger partial charge in [0, 0.05) is 5.54 Å². The number of rotatable bonds is 5. The van der Waals surface area contributed by atoms with Crippen molar-refractivity contribution in [3.8, 4) is 5.75 Å². The van der Waals surface area contributed by atoms with Gasteiger partial charge in [-0.05, 0) is 64.3 Å². The number of hydrogen-bond acceptors (Lipinski definition) is 2. The Bertz CT molecular complexity index is 315. The van der Waals surface area contributed by atoms with E-state index in [0.29, 0.717) is 5.75 Å². The fraction of sp³-hybridized carbons (Fsp3) is 0.571. The zero-order valence-electron chi connectivity index (χ0n) is 10.6. The molecule has 90 valence electrons. The van der Waals surface area contributed by atoms with E-state index >= 15 is 0 Å². The highest BCUT2D eigenvalue weighted by molar-refractivity contribution is 5.27. The molecular weight excluding hydrogens is 198 g/mol. The van der Waals surface area contributed by atoms with E-state index in [0.717, 1.165) is 19.4 Å². The maximum atomic E-state index is 9.31. The molecule has 0 aromatic heterocycles. The topological polar surface area (TPSA) is 32.3 Å². The standard InChI is InChI=1S/C14H23NO/c1-14(2,3)15-10-5-4-7-12-8-6-9-13(16)11-12/h6,8-9,11,15-16H,4-5,7,10H2,1-3H3. The molecule has 0 unspecified atom stereocenters. The Kier molecular flexibility index (Phi) is 4.81. The van der Waals surface area contributed by atoms with Gasteiger partial charge in [-0.15, -0.1) is 0 Å². The summed E-state index contributed by atoms with van der Waals surface area (Å²) in [6.45, 7) is 7.61. The zero-order valence-corrected chi connectivity index (χ0v) is 10.6. The van der Waals surface area contributed by atoms with Gasteiger partial charge >= 0.3 is 0 Å². The van der Waals surface area contributed by atoms with Crippen LogP contribution >= 0.6 is 0 Å². The Labute approximate surface area is 98.7 Å². The highest BCUT2D eigenvalue weighted by atomic mass is 16.3. The van der Waals surface area contributed by atoms with Crippen molar-refractivity contribution in [2.45, 2.75) is 45.6 Å². The molecule has 0 saturated carbocycles. The monoisotopic (exact) mass is 221 g/mol. The molecule has 0 heterocycles. The van der Waals surface area contributed by atoms with E-state index in [2.05, 4.69) is 32.2 Å². The molecule has 0 bridgehead atoms. The van der Waals surface area contributed by atoms with Crippen LogP contribution in [0.4, 0.5) is 0 Å². The van der Waals surface area contributed by atoms with Gasteiger partial charge in [0.2, 0.25) is 0 Å². The predicted molar refractivity (Wildman–Crippen MR) is 68.8 cm³/mol. The van der Waals surface area contributed by atoms with E-state index < -0.39 is 0 Å². The number of unbranched alkanes of at least 4 members (excludes halogenated alkanes) is 1. The Balaban J connectivity index is 2.17. The summed E-state index contributed by atoms with van der Waals surface area (Å²) in [5, 5.41) is 12.8. The lowest BCUT2D eigenvalue weighted by Crippen LogP contribution is -2.36. The number of aryl methyl sites for hydroxylation is 1. The molecule has 0 aliphatic rings. The van der Waals surface area contributed by atoms with Gasteiger partial charge in [0.15, 0.2) is 0 Å². The van der Waals surface area contributed by atoms with E-state index in [1.54, 1.807) is 6.07 Å². The van der Waals surface area contributed by atoms with Crippen LogP contribution in [0.25, 0.3) is 0 Å². The molecule has 1 aromatic carbocycles. The first-order chi connectivity index (χ1) is 7.47. The van der Waals surface area contributed by atoms with Crippen LogP contribution in [-0.4, -0.2) is 17.2 Å². The molecular formula is C14H23NO. The minimum atomic E-state index is 0.213. The molecule has 0 radical (unpaired) electrons. The number of phenols is 1. The second-order valence-electron chi connectivity index (χ2n) is 5.30. The van der Waals surface area contributed by atoms with Crippen LogP contribution in [-0.2, 0) is 6.42 Å². The third kappa shape index (κ3) is 5.76. The number of aromatic hydroxyl groups is 1. The minimum Gasteiger partial charge on any atom is -0.508 e. The number of benzene rings is 1. The van der Waals surface area contributed by atoms with Crippen molar-refractivity contribution in [2.24, 2.45) is 0 Å². The molecule has 0 aliphatic heterocycles. The summed E-state index contributed by atoms with van der Waals surface area (Å²) in [5.74, 6) is 0.366. The van der Waals surface area contributed by atoms with Crippen molar-refractivity contribution < 1.29 is 5.11 Å². The summed E-state index contributed by atoms with van der Waals surface area (Å²) in [4.78, 5) is 0. The zero-order chi connectivity index (χ0) is 12.0. The maximum absolute atomic E-state index is 9.31. The lowest BCUT2D eigenvalue weighted by molar-refractivity contribution is 0.419. The number of phenolic OH excluding ortho intramolecular Hbond substituents is 1. The first kappa shape index (κ1) is 13.0. The Hall–Kier alpha value is -1.02. The van der Waals surface area contributed by atoms with Crippen LogP contribution in [0.2, 0.25) is 0 Å². The van der Waals surface area contributed by atoms with Crippen molar-refractivity contribution in [3.05, 3.63) is 29.8 Å². The van der Waals surface area contributed by atoms with E-state index in [9.17, 15) is 5.11 Å². The Morgan fingerprint density at radius 1 is 1.19 bits per heavy atom. The average Bonchev–Trinajstić information content (AvgIpc) is 2.15.